The summed E-state index contributed by atoms with van der Waals surface area (Å²) < 4.78 is 20.9. The lowest BCUT2D eigenvalue weighted by Gasteiger charge is -2.19. The number of carbonyl (C=O) groups is 4. The Bertz CT molecular complexity index is 1060. The van der Waals surface area contributed by atoms with E-state index in [9.17, 15) is 24.3 Å². The van der Waals surface area contributed by atoms with Gasteiger partial charge < -0.3 is 29.4 Å². The van der Waals surface area contributed by atoms with E-state index in [4.69, 9.17) is 18.9 Å². The van der Waals surface area contributed by atoms with Gasteiger partial charge in [0.1, 0.15) is 17.9 Å². The molecule has 2 aromatic carbocycles. The van der Waals surface area contributed by atoms with Crippen LogP contribution in [0.3, 0.4) is 0 Å². The van der Waals surface area contributed by atoms with Crippen molar-refractivity contribution in [1.82, 2.24) is 5.32 Å². The van der Waals surface area contributed by atoms with Crippen LogP contribution in [0.15, 0.2) is 48.5 Å². The molecule has 0 aliphatic carbocycles. The first-order valence-electron chi connectivity index (χ1n) is 12.2. The fourth-order valence-corrected chi connectivity index (χ4v) is 3.20. The van der Waals surface area contributed by atoms with Crippen LogP contribution in [0.5, 0.6) is 17.2 Å². The van der Waals surface area contributed by atoms with Gasteiger partial charge in [0.15, 0.2) is 11.5 Å². The Labute approximate surface area is 215 Å². The van der Waals surface area contributed by atoms with E-state index in [-0.39, 0.29) is 37.3 Å². The molecule has 0 bridgehead atoms. The van der Waals surface area contributed by atoms with E-state index in [0.29, 0.717) is 24.2 Å². The van der Waals surface area contributed by atoms with E-state index in [1.54, 1.807) is 43.3 Å². The number of carboxylic acid groups (broad SMARTS) is 1. The Balaban J connectivity index is 2.03. The maximum absolute atomic E-state index is 12.1. The maximum atomic E-state index is 12.1. The Hall–Kier alpha value is -3.92. The summed E-state index contributed by atoms with van der Waals surface area (Å²) >= 11 is 0. The lowest BCUT2D eigenvalue weighted by atomic mass is 10.0. The minimum atomic E-state index is -1.12. The number of carbonyl (C=O) groups excluding carboxylic acids is 3. The van der Waals surface area contributed by atoms with Crippen molar-refractivity contribution in [3.05, 3.63) is 54.1 Å². The molecule has 1 unspecified atom stereocenters. The minimum absolute atomic E-state index is 0.0258. The lowest BCUT2D eigenvalue weighted by molar-refractivity contribution is -0.139. The Morgan fingerprint density at radius 1 is 0.865 bits per heavy atom. The van der Waals surface area contributed by atoms with Crippen LogP contribution in [0.4, 0.5) is 4.79 Å². The highest BCUT2D eigenvalue weighted by molar-refractivity contribution is 5.77. The molecule has 10 heteroatoms. The predicted molar refractivity (Wildman–Crippen MR) is 134 cm³/mol. The average Bonchev–Trinajstić information content (AvgIpc) is 2.84. The van der Waals surface area contributed by atoms with Gasteiger partial charge in [0.2, 0.25) is 0 Å². The van der Waals surface area contributed by atoms with Crippen LogP contribution in [-0.2, 0) is 25.5 Å². The molecular weight excluding hydrogens is 482 g/mol. The summed E-state index contributed by atoms with van der Waals surface area (Å²) in [6, 6.07) is 11.9. The highest BCUT2D eigenvalue weighted by Crippen LogP contribution is 2.30. The summed E-state index contributed by atoms with van der Waals surface area (Å²) in [6.07, 6.45) is -0.000762. The van der Waals surface area contributed by atoms with Crippen LogP contribution >= 0.6 is 0 Å². The Kier molecular flexibility index (Phi) is 12.1. The van der Waals surface area contributed by atoms with Crippen molar-refractivity contribution in [2.24, 2.45) is 0 Å². The Morgan fingerprint density at radius 2 is 1.49 bits per heavy atom. The van der Waals surface area contributed by atoms with Crippen LogP contribution in [0.1, 0.15) is 52.0 Å². The van der Waals surface area contributed by atoms with Crippen molar-refractivity contribution in [3.63, 3.8) is 0 Å². The molecule has 2 rings (SSSR count). The van der Waals surface area contributed by atoms with Gasteiger partial charge in [-0.15, -0.1) is 0 Å². The highest BCUT2D eigenvalue weighted by Gasteiger charge is 2.22. The summed E-state index contributed by atoms with van der Waals surface area (Å²) in [5.41, 5.74) is 0.534. The third kappa shape index (κ3) is 10.7. The second-order valence-corrected chi connectivity index (χ2v) is 8.33. The molecule has 37 heavy (non-hydrogen) atoms. The third-order valence-corrected chi connectivity index (χ3v) is 5.00. The quantitative estimate of drug-likeness (QED) is 0.213. The molecule has 2 N–H and O–H groups in total. The standard InChI is InChI=1S/C27H33NO9/c1-4-9-24(29)36-22-14-13-19(16-23(22)37-25(30)10-5-2)15-21(26(31)32)28-17-18(3)34-27(33)35-20-11-7-6-8-12-20/h6-8,11-14,16,18,21,28H,4-5,9-10,15,17H2,1-3H3,(H,31,32)/t18?,21-/m0/s1. The SMILES string of the molecule is CCCC(=O)Oc1ccc(C[C@H](NCC(C)OC(=O)Oc2ccccc2)C(=O)O)cc1OC(=O)CCC. The smallest absolute Gasteiger partial charge is 0.480 e. The lowest BCUT2D eigenvalue weighted by Crippen LogP contribution is -2.42. The molecule has 200 valence electrons. The fourth-order valence-electron chi connectivity index (χ4n) is 3.20. The van der Waals surface area contributed by atoms with Crippen LogP contribution in [0.25, 0.3) is 0 Å². The summed E-state index contributed by atoms with van der Waals surface area (Å²) in [6.45, 7) is 5.31. The van der Waals surface area contributed by atoms with Crippen LogP contribution in [0.2, 0.25) is 0 Å². The molecule has 0 radical (unpaired) electrons. The van der Waals surface area contributed by atoms with E-state index in [2.05, 4.69) is 5.32 Å². The number of aliphatic carboxylic acids is 1. The number of benzene rings is 2. The first-order chi connectivity index (χ1) is 17.7. The molecule has 0 aliphatic rings. The van der Waals surface area contributed by atoms with Gasteiger partial charge in [-0.3, -0.25) is 14.4 Å². The summed E-state index contributed by atoms with van der Waals surface area (Å²) in [5.74, 6) is -1.62. The Morgan fingerprint density at radius 3 is 2.08 bits per heavy atom. The molecule has 2 atom stereocenters. The van der Waals surface area contributed by atoms with Gasteiger partial charge in [-0.2, -0.15) is 0 Å². The number of ether oxygens (including phenoxy) is 4. The van der Waals surface area contributed by atoms with E-state index in [0.717, 1.165) is 0 Å². The van der Waals surface area contributed by atoms with Gasteiger partial charge >= 0.3 is 24.1 Å². The molecular formula is C27H33NO9. The van der Waals surface area contributed by atoms with Crippen molar-refractivity contribution >= 4 is 24.1 Å². The number of nitrogens with one attached hydrogen (secondary N) is 1. The molecule has 10 nitrogen and oxygen atoms in total. The molecule has 0 saturated carbocycles. The number of rotatable bonds is 14. The summed E-state index contributed by atoms with van der Waals surface area (Å²) in [7, 11) is 0. The zero-order valence-corrected chi connectivity index (χ0v) is 21.2. The summed E-state index contributed by atoms with van der Waals surface area (Å²) in [5, 5.41) is 12.5. The number of hydrogen-bond donors (Lipinski definition) is 2. The van der Waals surface area contributed by atoms with Crippen LogP contribution in [0, 0.1) is 0 Å². The number of carboxylic acids is 1. The molecule has 2 aromatic rings. The molecule has 0 aliphatic heterocycles. The summed E-state index contributed by atoms with van der Waals surface area (Å²) in [4.78, 5) is 47.8. The monoisotopic (exact) mass is 515 g/mol. The minimum Gasteiger partial charge on any atom is -0.480 e. The van der Waals surface area contributed by atoms with E-state index in [1.807, 2.05) is 13.8 Å². The van der Waals surface area contributed by atoms with E-state index < -0.39 is 36.2 Å². The van der Waals surface area contributed by atoms with Crippen molar-refractivity contribution in [2.75, 3.05) is 6.54 Å². The third-order valence-electron chi connectivity index (χ3n) is 5.00. The van der Waals surface area contributed by atoms with Gasteiger partial charge in [0.25, 0.3) is 0 Å². The van der Waals surface area contributed by atoms with E-state index >= 15 is 0 Å². The van der Waals surface area contributed by atoms with Gasteiger partial charge in [-0.25, -0.2) is 4.79 Å². The highest BCUT2D eigenvalue weighted by atomic mass is 16.7. The molecule has 0 saturated heterocycles. The van der Waals surface area contributed by atoms with Crippen molar-refractivity contribution in [2.45, 2.75) is 65.0 Å². The fraction of sp³-hybridized carbons (Fsp3) is 0.407. The average molecular weight is 516 g/mol. The van der Waals surface area contributed by atoms with Gasteiger partial charge in [0.05, 0.1) is 0 Å². The second-order valence-electron chi connectivity index (χ2n) is 8.33. The molecule has 0 spiro atoms. The predicted octanol–water partition coefficient (Wildman–Crippen LogP) is 4.29. The van der Waals surface area contributed by atoms with Gasteiger partial charge in [0, 0.05) is 19.4 Å². The van der Waals surface area contributed by atoms with Crippen molar-refractivity contribution in [3.8, 4) is 17.2 Å². The largest absolute Gasteiger partial charge is 0.514 e. The molecule has 0 amide bonds. The topological polar surface area (TPSA) is 137 Å². The van der Waals surface area contributed by atoms with E-state index in [1.165, 1.54) is 12.1 Å². The van der Waals surface area contributed by atoms with Crippen LogP contribution in [-0.4, -0.2) is 47.9 Å². The van der Waals surface area contributed by atoms with Crippen LogP contribution < -0.4 is 19.5 Å². The van der Waals surface area contributed by atoms with Gasteiger partial charge in [-0.1, -0.05) is 38.1 Å². The molecule has 0 fully saturated rings. The zero-order valence-electron chi connectivity index (χ0n) is 21.2. The molecule has 0 heterocycles. The van der Waals surface area contributed by atoms with Crippen molar-refractivity contribution in [1.29, 1.82) is 0 Å². The number of esters is 2. The first-order valence-corrected chi connectivity index (χ1v) is 12.2. The zero-order chi connectivity index (χ0) is 27.2. The number of hydrogen-bond acceptors (Lipinski definition) is 9. The second kappa shape index (κ2) is 15.2. The van der Waals surface area contributed by atoms with Crippen molar-refractivity contribution < 1.29 is 43.2 Å². The van der Waals surface area contributed by atoms with Gasteiger partial charge in [-0.05, 0) is 56.0 Å². The maximum Gasteiger partial charge on any atom is 0.514 e. The normalized spacial score (nSPS) is 12.2. The first kappa shape index (κ1) is 29.3. The number of para-hydroxylation sites is 1. The molecule has 0 aromatic heterocycles.